The van der Waals surface area contributed by atoms with Gasteiger partial charge in [-0.15, -0.1) is 0 Å². The fraction of sp³-hybridized carbons (Fsp3) is 0.667. The quantitative estimate of drug-likeness (QED) is 0.434. The van der Waals surface area contributed by atoms with Crippen LogP contribution in [0.3, 0.4) is 0 Å². The van der Waals surface area contributed by atoms with Crippen molar-refractivity contribution in [2.45, 2.75) is 19.8 Å². The van der Waals surface area contributed by atoms with Gasteiger partial charge in [0.15, 0.2) is 0 Å². The molecule has 0 bridgehead atoms. The molecule has 0 heterocycles. The summed E-state index contributed by atoms with van der Waals surface area (Å²) in [5.41, 5.74) is 0. The summed E-state index contributed by atoms with van der Waals surface area (Å²) in [6.07, 6.45) is 0.376. The molecular weight excluding hydrogens is 214 g/mol. The lowest BCUT2D eigenvalue weighted by molar-refractivity contribution is -0.137. The molecule has 0 saturated carbocycles. The lowest BCUT2D eigenvalue weighted by atomic mass is 10.3. The molecule has 0 aromatic rings. The van der Waals surface area contributed by atoms with Crippen molar-refractivity contribution in [2.24, 2.45) is 0 Å². The Morgan fingerprint density at radius 1 is 1.12 bits per heavy atom. The van der Waals surface area contributed by atoms with Gasteiger partial charge in [-0.3, -0.25) is 9.59 Å². The van der Waals surface area contributed by atoms with Crippen molar-refractivity contribution in [3.63, 3.8) is 0 Å². The van der Waals surface area contributed by atoms with E-state index < -0.39 is 12.0 Å². The van der Waals surface area contributed by atoms with E-state index >= 15 is 0 Å². The molecule has 0 fully saturated rings. The number of carbonyl (C=O) groups excluding carboxylic acids is 2. The summed E-state index contributed by atoms with van der Waals surface area (Å²) in [5.74, 6) is -1.16. The van der Waals surface area contributed by atoms with Gasteiger partial charge >= 0.3 is 12.0 Å². The number of nitrogens with one attached hydrogen (secondary N) is 3. The molecule has 0 aliphatic rings. The molecule has 0 aliphatic heterocycles. The summed E-state index contributed by atoms with van der Waals surface area (Å²) in [6, 6.07) is -0.475. The number of hydrogen-bond acceptors (Lipinski definition) is 3. The third-order valence-corrected chi connectivity index (χ3v) is 1.64. The van der Waals surface area contributed by atoms with E-state index in [1.807, 2.05) is 0 Å². The van der Waals surface area contributed by atoms with Gasteiger partial charge in [0.25, 0.3) is 0 Å². The average molecular weight is 231 g/mol. The highest BCUT2D eigenvalue weighted by atomic mass is 16.4. The fourth-order valence-electron chi connectivity index (χ4n) is 0.924. The summed E-state index contributed by atoms with van der Waals surface area (Å²) in [6.45, 7) is 2.48. The van der Waals surface area contributed by atoms with Gasteiger partial charge in [0.2, 0.25) is 5.91 Å². The molecule has 0 atom stereocenters. The molecule has 7 heteroatoms. The smallest absolute Gasteiger partial charge is 0.315 e. The second kappa shape index (κ2) is 8.51. The van der Waals surface area contributed by atoms with Crippen molar-refractivity contribution in [1.82, 2.24) is 16.0 Å². The normalized spacial score (nSPS) is 9.31. The molecule has 16 heavy (non-hydrogen) atoms. The van der Waals surface area contributed by atoms with E-state index in [-0.39, 0.29) is 25.4 Å². The van der Waals surface area contributed by atoms with Crippen LogP contribution in [-0.2, 0) is 9.59 Å². The molecular formula is C9H17N3O4. The van der Waals surface area contributed by atoms with Gasteiger partial charge in [-0.1, -0.05) is 0 Å². The number of rotatable bonds is 7. The number of hydrogen-bond donors (Lipinski definition) is 4. The number of carboxylic acids is 1. The standard InChI is InChI=1S/C9H17N3O4/c1-2-10-7(13)6-12-9(16)11-5-3-4-8(14)15/h2-6H2,1H3,(H,10,13)(H,14,15)(H2,11,12,16). The lowest BCUT2D eigenvalue weighted by Gasteiger charge is -2.06. The van der Waals surface area contributed by atoms with Gasteiger partial charge in [-0.05, 0) is 13.3 Å². The largest absolute Gasteiger partial charge is 0.481 e. The van der Waals surface area contributed by atoms with E-state index in [1.165, 1.54) is 0 Å². The number of likely N-dealkylation sites (N-methyl/N-ethyl adjacent to an activating group) is 1. The molecule has 0 spiro atoms. The van der Waals surface area contributed by atoms with E-state index in [0.717, 1.165) is 0 Å². The maximum atomic E-state index is 11.0. The van der Waals surface area contributed by atoms with Gasteiger partial charge in [-0.2, -0.15) is 0 Å². The molecule has 0 rings (SSSR count). The zero-order chi connectivity index (χ0) is 12.4. The molecule has 4 N–H and O–H groups in total. The third kappa shape index (κ3) is 8.79. The van der Waals surface area contributed by atoms with Crippen LogP contribution in [0.25, 0.3) is 0 Å². The molecule has 3 amide bonds. The maximum absolute atomic E-state index is 11.0. The van der Waals surface area contributed by atoms with Crippen LogP contribution in [0.5, 0.6) is 0 Å². The van der Waals surface area contributed by atoms with Crippen LogP contribution in [0.1, 0.15) is 19.8 Å². The maximum Gasteiger partial charge on any atom is 0.315 e. The Bertz CT molecular complexity index is 255. The minimum atomic E-state index is -0.899. The van der Waals surface area contributed by atoms with Crippen LogP contribution in [0.4, 0.5) is 4.79 Å². The molecule has 0 aromatic heterocycles. The highest BCUT2D eigenvalue weighted by Gasteiger charge is 2.03. The van der Waals surface area contributed by atoms with Gasteiger partial charge in [0, 0.05) is 19.5 Å². The Kier molecular flexibility index (Phi) is 7.56. The van der Waals surface area contributed by atoms with Crippen molar-refractivity contribution in [3.8, 4) is 0 Å². The number of urea groups is 1. The van der Waals surface area contributed by atoms with E-state index in [9.17, 15) is 14.4 Å². The second-order valence-corrected chi connectivity index (χ2v) is 3.06. The van der Waals surface area contributed by atoms with Crippen molar-refractivity contribution in [2.75, 3.05) is 19.6 Å². The first-order valence-electron chi connectivity index (χ1n) is 5.06. The van der Waals surface area contributed by atoms with E-state index in [1.54, 1.807) is 6.92 Å². The molecule has 0 aliphatic carbocycles. The second-order valence-electron chi connectivity index (χ2n) is 3.06. The van der Waals surface area contributed by atoms with Crippen LogP contribution in [0.2, 0.25) is 0 Å². The minimum Gasteiger partial charge on any atom is -0.481 e. The van der Waals surface area contributed by atoms with Gasteiger partial charge in [0.1, 0.15) is 0 Å². The van der Waals surface area contributed by atoms with Crippen LogP contribution < -0.4 is 16.0 Å². The summed E-state index contributed by atoms with van der Waals surface area (Å²) < 4.78 is 0. The fourth-order valence-corrected chi connectivity index (χ4v) is 0.924. The predicted octanol–water partition coefficient (Wildman–Crippen LogP) is -0.713. The predicted molar refractivity (Wildman–Crippen MR) is 57.0 cm³/mol. The zero-order valence-corrected chi connectivity index (χ0v) is 9.21. The minimum absolute atomic E-state index is 0.0105. The van der Waals surface area contributed by atoms with Gasteiger partial charge in [0.05, 0.1) is 6.54 Å². The van der Waals surface area contributed by atoms with E-state index in [2.05, 4.69) is 16.0 Å². The first-order chi connectivity index (χ1) is 7.56. The molecule has 0 saturated heterocycles. The summed E-state index contributed by atoms with van der Waals surface area (Å²) in [5, 5.41) is 15.6. The zero-order valence-electron chi connectivity index (χ0n) is 9.21. The Morgan fingerprint density at radius 3 is 2.38 bits per heavy atom. The lowest BCUT2D eigenvalue weighted by Crippen LogP contribution is -2.42. The number of amides is 3. The Balaban J connectivity index is 3.44. The Morgan fingerprint density at radius 2 is 1.81 bits per heavy atom. The first-order valence-corrected chi connectivity index (χ1v) is 5.06. The molecule has 0 unspecified atom stereocenters. The summed E-state index contributed by atoms with van der Waals surface area (Å²) in [4.78, 5) is 32.1. The SMILES string of the molecule is CCNC(=O)CNC(=O)NCCCC(=O)O. The van der Waals surface area contributed by atoms with Crippen molar-refractivity contribution >= 4 is 17.9 Å². The average Bonchev–Trinajstić information content (AvgIpc) is 2.22. The van der Waals surface area contributed by atoms with Gasteiger partial charge < -0.3 is 21.1 Å². The van der Waals surface area contributed by atoms with Crippen molar-refractivity contribution < 1.29 is 19.5 Å². The highest BCUT2D eigenvalue weighted by Crippen LogP contribution is 1.85. The van der Waals surface area contributed by atoms with E-state index in [0.29, 0.717) is 13.0 Å². The number of carboxylic acid groups (broad SMARTS) is 1. The van der Waals surface area contributed by atoms with Crippen molar-refractivity contribution in [1.29, 1.82) is 0 Å². The topological polar surface area (TPSA) is 108 Å². The highest BCUT2D eigenvalue weighted by molar-refractivity contribution is 5.83. The Hall–Kier alpha value is -1.79. The third-order valence-electron chi connectivity index (χ3n) is 1.64. The monoisotopic (exact) mass is 231 g/mol. The van der Waals surface area contributed by atoms with Crippen molar-refractivity contribution in [3.05, 3.63) is 0 Å². The summed E-state index contributed by atoms with van der Waals surface area (Å²) in [7, 11) is 0. The molecule has 92 valence electrons. The molecule has 0 aromatic carbocycles. The number of aliphatic carboxylic acids is 1. The molecule has 0 radical (unpaired) electrons. The first kappa shape index (κ1) is 14.2. The number of carbonyl (C=O) groups is 3. The van der Waals surface area contributed by atoms with Crippen LogP contribution in [0, 0.1) is 0 Å². The van der Waals surface area contributed by atoms with Gasteiger partial charge in [-0.25, -0.2) is 4.79 Å². The Labute approximate surface area is 93.6 Å². The van der Waals surface area contributed by atoms with Crippen LogP contribution >= 0.6 is 0 Å². The van der Waals surface area contributed by atoms with E-state index in [4.69, 9.17) is 5.11 Å². The van der Waals surface area contributed by atoms with Crippen LogP contribution in [-0.4, -0.2) is 42.6 Å². The summed E-state index contributed by atoms with van der Waals surface area (Å²) >= 11 is 0. The molecule has 7 nitrogen and oxygen atoms in total. The van der Waals surface area contributed by atoms with Crippen LogP contribution in [0.15, 0.2) is 0 Å².